The lowest BCUT2D eigenvalue weighted by Gasteiger charge is -2.26. The maximum Gasteiger partial charge on any atom is 0.0594 e. The molecule has 0 atom stereocenters. The monoisotopic (exact) mass is 361 g/mol. The number of hydrogen-bond donors (Lipinski definition) is 2. The van der Waals surface area contributed by atoms with Gasteiger partial charge in [0.25, 0.3) is 0 Å². The molecule has 0 radical (unpaired) electrons. The lowest BCUT2D eigenvalue weighted by molar-refractivity contribution is 0.0378. The number of benzene rings is 1. The zero-order valence-electron chi connectivity index (χ0n) is 10.5. The summed E-state index contributed by atoms with van der Waals surface area (Å²) in [5.74, 6) is 0. The molecule has 5 heteroatoms. The summed E-state index contributed by atoms with van der Waals surface area (Å²) in [7, 11) is 0. The quantitative estimate of drug-likeness (QED) is 0.479. The summed E-state index contributed by atoms with van der Waals surface area (Å²) in [5, 5.41) is 3.46. The van der Waals surface area contributed by atoms with Gasteiger partial charge in [-0.15, -0.1) is 0 Å². The van der Waals surface area contributed by atoms with Crippen molar-refractivity contribution in [1.29, 1.82) is 0 Å². The van der Waals surface area contributed by atoms with Crippen molar-refractivity contribution in [3.8, 4) is 0 Å². The normalized spacial score (nSPS) is 16.7. The van der Waals surface area contributed by atoms with Gasteiger partial charge < -0.3 is 15.8 Å². The Morgan fingerprint density at radius 1 is 1.33 bits per heavy atom. The Hall–Kier alpha value is -0.530. The van der Waals surface area contributed by atoms with Gasteiger partial charge in [0.2, 0.25) is 0 Å². The topological polar surface area (TPSA) is 50.5 Å². The molecule has 0 unspecified atom stereocenters. The molecule has 3 N–H and O–H groups in total. The van der Waals surface area contributed by atoms with Crippen molar-refractivity contribution in [1.82, 2.24) is 4.90 Å². The van der Waals surface area contributed by atoms with Crippen LogP contribution in [0.2, 0.25) is 0 Å². The van der Waals surface area contributed by atoms with E-state index in [9.17, 15) is 0 Å². The number of nitrogen functional groups attached to an aromatic ring is 1. The highest BCUT2D eigenvalue weighted by molar-refractivity contribution is 14.1. The number of ether oxygens (including phenoxy) is 1. The smallest absolute Gasteiger partial charge is 0.0594 e. The molecule has 2 rings (SSSR count). The van der Waals surface area contributed by atoms with E-state index in [4.69, 9.17) is 10.5 Å². The summed E-state index contributed by atoms with van der Waals surface area (Å²) in [6, 6.07) is 5.98. The van der Waals surface area contributed by atoms with E-state index >= 15 is 0 Å². The molecule has 100 valence electrons. The Balaban J connectivity index is 1.68. The molecule has 1 fully saturated rings. The summed E-state index contributed by atoms with van der Waals surface area (Å²) in [5.41, 5.74) is 7.72. The Labute approximate surface area is 122 Å². The van der Waals surface area contributed by atoms with Crippen LogP contribution in [-0.2, 0) is 4.74 Å². The molecule has 1 heterocycles. The van der Waals surface area contributed by atoms with Crippen molar-refractivity contribution in [3.05, 3.63) is 21.8 Å². The summed E-state index contributed by atoms with van der Waals surface area (Å²) < 4.78 is 6.51. The number of rotatable bonds is 5. The molecular weight excluding hydrogens is 341 g/mol. The zero-order chi connectivity index (χ0) is 12.8. The fourth-order valence-electron chi connectivity index (χ4n) is 2.03. The predicted molar refractivity (Wildman–Crippen MR) is 83.9 cm³/mol. The van der Waals surface area contributed by atoms with Crippen molar-refractivity contribution >= 4 is 34.0 Å². The average Bonchev–Trinajstić information content (AvgIpc) is 2.38. The minimum Gasteiger partial charge on any atom is -0.399 e. The van der Waals surface area contributed by atoms with E-state index in [-0.39, 0.29) is 0 Å². The van der Waals surface area contributed by atoms with Crippen molar-refractivity contribution in [2.75, 3.05) is 50.4 Å². The number of nitrogens with zero attached hydrogens (tertiary/aromatic N) is 1. The first kappa shape index (κ1) is 13.9. The van der Waals surface area contributed by atoms with E-state index in [0.29, 0.717) is 0 Å². The lowest BCUT2D eigenvalue weighted by atomic mass is 10.2. The molecule has 0 spiro atoms. The van der Waals surface area contributed by atoms with E-state index in [1.165, 1.54) is 9.26 Å². The molecule has 18 heavy (non-hydrogen) atoms. The summed E-state index contributed by atoms with van der Waals surface area (Å²) >= 11 is 2.31. The van der Waals surface area contributed by atoms with Crippen LogP contribution < -0.4 is 11.1 Å². The number of nitrogens with two attached hydrogens (primary N) is 1. The molecule has 0 bridgehead atoms. The first-order valence-electron chi connectivity index (χ1n) is 6.35. The molecule has 1 aromatic rings. The van der Waals surface area contributed by atoms with Gasteiger partial charge in [-0.25, -0.2) is 0 Å². The van der Waals surface area contributed by atoms with Gasteiger partial charge in [0, 0.05) is 34.6 Å². The van der Waals surface area contributed by atoms with E-state index in [1.807, 2.05) is 18.2 Å². The minimum atomic E-state index is 0.818. The molecule has 0 amide bonds. The Morgan fingerprint density at radius 2 is 2.11 bits per heavy atom. The second kappa shape index (κ2) is 7.16. The number of hydrogen-bond acceptors (Lipinski definition) is 4. The van der Waals surface area contributed by atoms with Gasteiger partial charge in [0.05, 0.1) is 13.2 Å². The molecule has 1 aliphatic heterocycles. The van der Waals surface area contributed by atoms with Crippen LogP contribution in [0.25, 0.3) is 0 Å². The first-order chi connectivity index (χ1) is 8.75. The lowest BCUT2D eigenvalue weighted by Crippen LogP contribution is -2.37. The van der Waals surface area contributed by atoms with Crippen molar-refractivity contribution in [2.45, 2.75) is 6.42 Å². The predicted octanol–water partition coefficient (Wildman–Crippen LogP) is 2.01. The molecule has 4 nitrogen and oxygen atoms in total. The summed E-state index contributed by atoms with van der Waals surface area (Å²) in [4.78, 5) is 2.46. The maximum atomic E-state index is 5.73. The molecule has 0 saturated carbocycles. The van der Waals surface area contributed by atoms with Crippen LogP contribution in [-0.4, -0.2) is 44.3 Å². The highest BCUT2D eigenvalue weighted by Gasteiger charge is 2.09. The maximum absolute atomic E-state index is 5.73. The van der Waals surface area contributed by atoms with Gasteiger partial charge >= 0.3 is 0 Å². The van der Waals surface area contributed by atoms with Gasteiger partial charge in [0.1, 0.15) is 0 Å². The first-order valence-corrected chi connectivity index (χ1v) is 7.42. The number of morpholine rings is 1. The van der Waals surface area contributed by atoms with E-state index in [2.05, 4.69) is 32.8 Å². The SMILES string of the molecule is Nc1ccc(NCCCN2CCOCC2)c(I)c1. The zero-order valence-corrected chi connectivity index (χ0v) is 12.7. The molecule has 1 aromatic carbocycles. The fraction of sp³-hybridized carbons (Fsp3) is 0.538. The number of halogens is 1. The summed E-state index contributed by atoms with van der Waals surface area (Å²) in [6.45, 7) is 6.03. The molecule has 1 aliphatic rings. The van der Waals surface area contributed by atoms with Crippen molar-refractivity contribution in [3.63, 3.8) is 0 Å². The van der Waals surface area contributed by atoms with Crippen molar-refractivity contribution in [2.24, 2.45) is 0 Å². The number of nitrogens with one attached hydrogen (secondary N) is 1. The average molecular weight is 361 g/mol. The molecule has 0 aliphatic carbocycles. The fourth-order valence-corrected chi connectivity index (χ4v) is 2.76. The number of anilines is 2. The van der Waals surface area contributed by atoms with Crippen LogP contribution in [0, 0.1) is 3.57 Å². The third kappa shape index (κ3) is 4.29. The van der Waals surface area contributed by atoms with E-state index in [0.717, 1.165) is 51.5 Å². The standard InChI is InChI=1S/C13H20IN3O/c14-12-10-11(15)2-3-13(12)16-4-1-5-17-6-8-18-9-7-17/h2-3,10,16H,1,4-9,15H2. The highest BCUT2D eigenvalue weighted by Crippen LogP contribution is 2.20. The van der Waals surface area contributed by atoms with Gasteiger partial charge in [-0.1, -0.05) is 0 Å². The van der Waals surface area contributed by atoms with E-state index in [1.54, 1.807) is 0 Å². The van der Waals surface area contributed by atoms with Crippen LogP contribution in [0.3, 0.4) is 0 Å². The minimum absolute atomic E-state index is 0.818. The van der Waals surface area contributed by atoms with Crippen LogP contribution in [0.5, 0.6) is 0 Å². The summed E-state index contributed by atoms with van der Waals surface area (Å²) in [6.07, 6.45) is 1.15. The van der Waals surface area contributed by atoms with Gasteiger partial charge in [-0.05, 0) is 53.8 Å². The molecule has 0 aromatic heterocycles. The van der Waals surface area contributed by atoms with Gasteiger partial charge in [-0.2, -0.15) is 0 Å². The second-order valence-electron chi connectivity index (χ2n) is 4.47. The third-order valence-corrected chi connectivity index (χ3v) is 3.96. The van der Waals surface area contributed by atoms with Crippen LogP contribution in [0.4, 0.5) is 11.4 Å². The van der Waals surface area contributed by atoms with Crippen LogP contribution >= 0.6 is 22.6 Å². The van der Waals surface area contributed by atoms with Crippen LogP contribution in [0.1, 0.15) is 6.42 Å². The Bertz CT molecular complexity index is 380. The second-order valence-corrected chi connectivity index (χ2v) is 5.64. The largest absolute Gasteiger partial charge is 0.399 e. The Morgan fingerprint density at radius 3 is 2.83 bits per heavy atom. The van der Waals surface area contributed by atoms with Crippen molar-refractivity contribution < 1.29 is 4.74 Å². The third-order valence-electron chi connectivity index (χ3n) is 3.06. The Kier molecular flexibility index (Phi) is 5.52. The molecular formula is C13H20IN3O. The van der Waals surface area contributed by atoms with E-state index < -0.39 is 0 Å². The van der Waals surface area contributed by atoms with Gasteiger partial charge in [0.15, 0.2) is 0 Å². The highest BCUT2D eigenvalue weighted by atomic mass is 127. The van der Waals surface area contributed by atoms with Crippen LogP contribution in [0.15, 0.2) is 18.2 Å². The van der Waals surface area contributed by atoms with Gasteiger partial charge in [-0.3, -0.25) is 4.90 Å². The molecule has 1 saturated heterocycles.